The largest absolute Gasteiger partial charge is 0.474 e. The number of allylic oxidation sites excluding steroid dienone is 2. The zero-order chi connectivity index (χ0) is 16.1. The first-order chi connectivity index (χ1) is 11.3. The van der Waals surface area contributed by atoms with Crippen LogP contribution >= 0.6 is 0 Å². The Hall–Kier alpha value is -2.11. The van der Waals surface area contributed by atoms with Crippen LogP contribution in [0.1, 0.15) is 32.1 Å². The summed E-state index contributed by atoms with van der Waals surface area (Å²) >= 11 is 0. The molecule has 0 spiro atoms. The topological polar surface area (TPSA) is 64.6 Å². The van der Waals surface area contributed by atoms with Crippen LogP contribution in [0.4, 0.5) is 0 Å². The molecule has 124 valence electrons. The Balaban J connectivity index is 1.50. The molecule has 0 aromatic carbocycles. The highest BCUT2D eigenvalue weighted by Crippen LogP contribution is 2.24. The Bertz CT molecular complexity index is 568. The average Bonchev–Trinajstić information content (AvgIpc) is 2.63. The van der Waals surface area contributed by atoms with Crippen LogP contribution in [0.2, 0.25) is 0 Å². The number of aromatic nitrogens is 2. The van der Waals surface area contributed by atoms with Crippen molar-refractivity contribution >= 4 is 5.91 Å². The van der Waals surface area contributed by atoms with Gasteiger partial charge in [0.2, 0.25) is 11.8 Å². The summed E-state index contributed by atoms with van der Waals surface area (Å²) in [5, 5.41) is 0. The second-order valence-electron chi connectivity index (χ2n) is 6.01. The van der Waals surface area contributed by atoms with Crippen LogP contribution in [0, 0.1) is 5.92 Å². The lowest BCUT2D eigenvalue weighted by molar-refractivity contribution is -0.137. The van der Waals surface area contributed by atoms with Gasteiger partial charge in [-0.05, 0) is 19.3 Å². The van der Waals surface area contributed by atoms with E-state index in [0.29, 0.717) is 17.8 Å². The highest BCUT2D eigenvalue weighted by atomic mass is 16.5. The first kappa shape index (κ1) is 15.8. The van der Waals surface area contributed by atoms with Crippen molar-refractivity contribution in [2.45, 2.75) is 38.2 Å². The van der Waals surface area contributed by atoms with Crippen molar-refractivity contribution < 1.29 is 14.3 Å². The summed E-state index contributed by atoms with van der Waals surface area (Å²) < 4.78 is 10.9. The molecule has 1 amide bonds. The first-order valence-corrected chi connectivity index (χ1v) is 8.23. The van der Waals surface area contributed by atoms with Crippen molar-refractivity contribution in [1.29, 1.82) is 0 Å². The zero-order valence-corrected chi connectivity index (χ0v) is 13.5. The molecule has 0 N–H and O–H groups in total. The minimum atomic E-state index is 0.0879. The molecular weight excluding hydrogens is 294 g/mol. The molecular formula is C17H23N3O3. The molecule has 3 rings (SSSR count). The lowest BCUT2D eigenvalue weighted by Gasteiger charge is -2.34. The summed E-state index contributed by atoms with van der Waals surface area (Å²) in [5.41, 5.74) is 0. The van der Waals surface area contributed by atoms with Gasteiger partial charge in [-0.3, -0.25) is 4.79 Å². The zero-order valence-electron chi connectivity index (χ0n) is 13.5. The van der Waals surface area contributed by atoms with Gasteiger partial charge in [0, 0.05) is 44.1 Å². The number of carbonyl (C=O) groups excluding carboxylic acids is 1. The van der Waals surface area contributed by atoms with E-state index in [9.17, 15) is 4.79 Å². The number of hydrogen-bond acceptors (Lipinski definition) is 5. The predicted molar refractivity (Wildman–Crippen MR) is 85.3 cm³/mol. The highest BCUT2D eigenvalue weighted by molar-refractivity contribution is 5.79. The van der Waals surface area contributed by atoms with Gasteiger partial charge in [-0.1, -0.05) is 12.2 Å². The van der Waals surface area contributed by atoms with E-state index in [1.54, 1.807) is 12.3 Å². The number of piperidine rings is 1. The fraction of sp³-hybridized carbons (Fsp3) is 0.588. The van der Waals surface area contributed by atoms with Crippen molar-refractivity contribution in [3.05, 3.63) is 24.4 Å². The summed E-state index contributed by atoms with van der Waals surface area (Å²) in [4.78, 5) is 22.6. The Labute approximate surface area is 136 Å². The van der Waals surface area contributed by atoms with Gasteiger partial charge in [-0.25, -0.2) is 4.98 Å². The van der Waals surface area contributed by atoms with Gasteiger partial charge < -0.3 is 14.4 Å². The molecule has 1 fully saturated rings. The van der Waals surface area contributed by atoms with Crippen LogP contribution in [-0.4, -0.2) is 47.1 Å². The molecule has 0 saturated carbocycles. The van der Waals surface area contributed by atoms with Crippen LogP contribution in [-0.2, 0) is 4.79 Å². The van der Waals surface area contributed by atoms with Crippen molar-refractivity contribution in [3.8, 4) is 11.9 Å². The molecule has 1 unspecified atom stereocenters. The fourth-order valence-corrected chi connectivity index (χ4v) is 3.13. The molecule has 2 aliphatic rings. The average molecular weight is 317 g/mol. The number of carbonyl (C=O) groups is 1. The molecule has 0 bridgehead atoms. The number of hydrogen-bond donors (Lipinski definition) is 0. The minimum Gasteiger partial charge on any atom is -0.474 e. The standard InChI is InChI=1S/C17H23N3O3/c1-22-17-18-10-7-15(19-17)23-14-8-11-20(12-9-14)16(21)13-5-3-2-4-6-13/h2-3,7,10,13-14H,4-6,8-9,11-12H2,1H3. The van der Waals surface area contributed by atoms with Crippen LogP contribution < -0.4 is 9.47 Å². The highest BCUT2D eigenvalue weighted by Gasteiger charge is 2.28. The van der Waals surface area contributed by atoms with Gasteiger partial charge in [0.1, 0.15) is 6.10 Å². The van der Waals surface area contributed by atoms with Crippen molar-refractivity contribution in [2.75, 3.05) is 20.2 Å². The maximum Gasteiger partial charge on any atom is 0.319 e. The number of likely N-dealkylation sites (tertiary alicyclic amines) is 1. The summed E-state index contributed by atoms with van der Waals surface area (Å²) in [6.45, 7) is 1.51. The summed E-state index contributed by atoms with van der Waals surface area (Å²) in [5.74, 6) is 0.999. The molecule has 1 aliphatic carbocycles. The van der Waals surface area contributed by atoms with Gasteiger partial charge >= 0.3 is 6.01 Å². The van der Waals surface area contributed by atoms with Gasteiger partial charge in [-0.2, -0.15) is 4.98 Å². The molecule has 23 heavy (non-hydrogen) atoms. The number of methoxy groups -OCH3 is 1. The minimum absolute atomic E-state index is 0.0879. The fourth-order valence-electron chi connectivity index (χ4n) is 3.13. The van der Waals surface area contributed by atoms with E-state index in [0.717, 1.165) is 45.2 Å². The molecule has 1 atom stereocenters. The van der Waals surface area contributed by atoms with Crippen molar-refractivity contribution in [1.82, 2.24) is 14.9 Å². The Morgan fingerprint density at radius 2 is 2.09 bits per heavy atom. The summed E-state index contributed by atoms with van der Waals surface area (Å²) in [7, 11) is 1.53. The van der Waals surface area contributed by atoms with E-state index in [-0.39, 0.29) is 12.0 Å². The number of nitrogens with zero attached hydrogens (tertiary/aromatic N) is 3. The Morgan fingerprint density at radius 1 is 1.26 bits per heavy atom. The monoisotopic (exact) mass is 317 g/mol. The van der Waals surface area contributed by atoms with Gasteiger partial charge in [0.25, 0.3) is 0 Å². The van der Waals surface area contributed by atoms with Crippen molar-refractivity contribution in [2.24, 2.45) is 5.92 Å². The van der Waals surface area contributed by atoms with E-state index in [1.165, 1.54) is 7.11 Å². The Morgan fingerprint density at radius 3 is 2.78 bits per heavy atom. The maximum absolute atomic E-state index is 12.5. The molecule has 1 aliphatic heterocycles. The predicted octanol–water partition coefficient (Wildman–Crippen LogP) is 2.21. The first-order valence-electron chi connectivity index (χ1n) is 8.23. The number of ether oxygens (including phenoxy) is 2. The van der Waals surface area contributed by atoms with Gasteiger partial charge in [-0.15, -0.1) is 0 Å². The third-order valence-electron chi connectivity index (χ3n) is 4.45. The molecule has 1 saturated heterocycles. The number of rotatable bonds is 4. The Kier molecular flexibility index (Phi) is 5.10. The van der Waals surface area contributed by atoms with E-state index in [2.05, 4.69) is 22.1 Å². The van der Waals surface area contributed by atoms with E-state index in [4.69, 9.17) is 9.47 Å². The summed E-state index contributed by atoms with van der Waals surface area (Å²) in [6, 6.07) is 2.04. The SMILES string of the molecule is COc1nccc(OC2CCN(C(=O)C3CC=CCC3)CC2)n1. The van der Waals surface area contributed by atoms with E-state index < -0.39 is 0 Å². The maximum atomic E-state index is 12.5. The smallest absolute Gasteiger partial charge is 0.319 e. The second-order valence-corrected chi connectivity index (χ2v) is 6.01. The van der Waals surface area contributed by atoms with Crippen LogP contribution in [0.15, 0.2) is 24.4 Å². The molecule has 6 heteroatoms. The van der Waals surface area contributed by atoms with Crippen molar-refractivity contribution in [3.63, 3.8) is 0 Å². The van der Waals surface area contributed by atoms with Gasteiger partial charge in [0.15, 0.2) is 0 Å². The lowest BCUT2D eigenvalue weighted by Crippen LogP contribution is -2.44. The second kappa shape index (κ2) is 7.44. The van der Waals surface area contributed by atoms with Crippen LogP contribution in [0.25, 0.3) is 0 Å². The molecule has 6 nitrogen and oxygen atoms in total. The van der Waals surface area contributed by atoms with Crippen LogP contribution in [0.5, 0.6) is 11.9 Å². The summed E-state index contributed by atoms with van der Waals surface area (Å²) in [6.07, 6.45) is 10.6. The third kappa shape index (κ3) is 4.00. The molecule has 1 aromatic heterocycles. The van der Waals surface area contributed by atoms with E-state index >= 15 is 0 Å². The quantitative estimate of drug-likeness (QED) is 0.797. The van der Waals surface area contributed by atoms with E-state index in [1.807, 2.05) is 4.90 Å². The lowest BCUT2D eigenvalue weighted by atomic mass is 9.92. The molecule has 1 aromatic rings. The third-order valence-corrected chi connectivity index (χ3v) is 4.45. The van der Waals surface area contributed by atoms with Crippen LogP contribution in [0.3, 0.4) is 0 Å². The molecule has 2 heterocycles. The number of amides is 1. The normalized spacial score (nSPS) is 22.0. The van der Waals surface area contributed by atoms with Gasteiger partial charge in [0.05, 0.1) is 7.11 Å². The molecule has 0 radical (unpaired) electrons.